The van der Waals surface area contributed by atoms with Gasteiger partial charge < -0.3 is 0 Å². The lowest BCUT2D eigenvalue weighted by Gasteiger charge is -2.16. The van der Waals surface area contributed by atoms with Crippen molar-refractivity contribution < 1.29 is 0 Å². The molecule has 0 bridgehead atoms. The second kappa shape index (κ2) is 7.42. The quantitative estimate of drug-likeness (QED) is 0.674. The van der Waals surface area contributed by atoms with Gasteiger partial charge in [0.15, 0.2) is 0 Å². The summed E-state index contributed by atoms with van der Waals surface area (Å²) >= 11 is 0. The summed E-state index contributed by atoms with van der Waals surface area (Å²) in [4.78, 5) is 0. The standard InChI is InChI=1S/C13H25N3/c1-4-6-8-13(9-7-5-2)11-16-12(3)10-14-15-16/h10,13H,4-9,11H2,1-3H3. The molecule has 0 aromatic carbocycles. The number of nitrogens with zero attached hydrogens (tertiary/aromatic N) is 3. The Balaban J connectivity index is 2.45. The number of aryl methyl sites for hydroxylation is 1. The summed E-state index contributed by atoms with van der Waals surface area (Å²) in [5.41, 5.74) is 1.18. The van der Waals surface area contributed by atoms with Crippen LogP contribution in [-0.2, 0) is 6.54 Å². The van der Waals surface area contributed by atoms with Gasteiger partial charge in [0.25, 0.3) is 0 Å². The molecule has 0 N–H and O–H groups in total. The highest BCUT2D eigenvalue weighted by Crippen LogP contribution is 2.18. The Morgan fingerprint density at radius 2 is 1.81 bits per heavy atom. The summed E-state index contributed by atoms with van der Waals surface area (Å²) in [6, 6.07) is 0. The van der Waals surface area contributed by atoms with Gasteiger partial charge in [0.1, 0.15) is 0 Å². The Hall–Kier alpha value is -0.860. The summed E-state index contributed by atoms with van der Waals surface area (Å²) in [6.45, 7) is 7.65. The first kappa shape index (κ1) is 13.2. The van der Waals surface area contributed by atoms with Crippen molar-refractivity contribution in [3.8, 4) is 0 Å². The zero-order valence-electron chi connectivity index (χ0n) is 10.9. The molecule has 92 valence electrons. The van der Waals surface area contributed by atoms with Crippen LogP contribution in [0, 0.1) is 12.8 Å². The van der Waals surface area contributed by atoms with Crippen molar-refractivity contribution in [1.82, 2.24) is 15.0 Å². The summed E-state index contributed by atoms with van der Waals surface area (Å²) in [6.07, 6.45) is 9.75. The fourth-order valence-electron chi connectivity index (χ4n) is 2.05. The van der Waals surface area contributed by atoms with Crippen LogP contribution in [0.4, 0.5) is 0 Å². The van der Waals surface area contributed by atoms with Gasteiger partial charge in [0.2, 0.25) is 0 Å². The van der Waals surface area contributed by atoms with Crippen LogP contribution in [0.25, 0.3) is 0 Å². The molecule has 0 amide bonds. The third kappa shape index (κ3) is 4.33. The number of hydrogen-bond donors (Lipinski definition) is 0. The zero-order valence-corrected chi connectivity index (χ0v) is 10.9. The Bertz CT molecular complexity index is 272. The average Bonchev–Trinajstić information content (AvgIpc) is 2.68. The molecule has 16 heavy (non-hydrogen) atoms. The summed E-state index contributed by atoms with van der Waals surface area (Å²) in [7, 11) is 0. The summed E-state index contributed by atoms with van der Waals surface area (Å²) in [5.74, 6) is 0.778. The molecule has 3 heteroatoms. The van der Waals surface area contributed by atoms with Crippen LogP contribution in [-0.4, -0.2) is 15.0 Å². The molecule has 1 aromatic rings. The van der Waals surface area contributed by atoms with Crippen molar-refractivity contribution in [3.05, 3.63) is 11.9 Å². The van der Waals surface area contributed by atoms with E-state index in [9.17, 15) is 0 Å². The second-order valence-electron chi connectivity index (χ2n) is 4.71. The molecule has 0 radical (unpaired) electrons. The molecule has 1 aromatic heterocycles. The lowest BCUT2D eigenvalue weighted by molar-refractivity contribution is 0.344. The van der Waals surface area contributed by atoms with Crippen molar-refractivity contribution in [1.29, 1.82) is 0 Å². The largest absolute Gasteiger partial charge is 0.249 e. The molecule has 0 fully saturated rings. The predicted octanol–water partition coefficient (Wildman–Crippen LogP) is 3.58. The number of aromatic nitrogens is 3. The van der Waals surface area contributed by atoms with E-state index in [1.807, 2.05) is 6.20 Å². The first-order chi connectivity index (χ1) is 7.77. The topological polar surface area (TPSA) is 30.7 Å². The van der Waals surface area contributed by atoms with E-state index < -0.39 is 0 Å². The highest BCUT2D eigenvalue weighted by molar-refractivity contribution is 4.88. The van der Waals surface area contributed by atoms with Crippen LogP contribution in [0.2, 0.25) is 0 Å². The predicted molar refractivity (Wildman–Crippen MR) is 67.3 cm³/mol. The minimum Gasteiger partial charge on any atom is -0.249 e. The fraction of sp³-hybridized carbons (Fsp3) is 0.846. The lowest BCUT2D eigenvalue weighted by Crippen LogP contribution is -2.13. The molecule has 0 unspecified atom stereocenters. The van der Waals surface area contributed by atoms with Gasteiger partial charge in [-0.1, -0.05) is 44.7 Å². The van der Waals surface area contributed by atoms with Crippen molar-refractivity contribution in [2.24, 2.45) is 5.92 Å². The molecule has 0 saturated heterocycles. The summed E-state index contributed by atoms with van der Waals surface area (Å²) in [5, 5.41) is 8.09. The van der Waals surface area contributed by atoms with Crippen LogP contribution in [0.3, 0.4) is 0 Å². The van der Waals surface area contributed by atoms with Gasteiger partial charge in [-0.3, -0.25) is 0 Å². The third-order valence-electron chi connectivity index (χ3n) is 3.17. The average molecular weight is 223 g/mol. The third-order valence-corrected chi connectivity index (χ3v) is 3.17. The maximum absolute atomic E-state index is 4.14. The van der Waals surface area contributed by atoms with Crippen molar-refractivity contribution in [2.45, 2.75) is 65.8 Å². The molecule has 0 atom stereocenters. The molecular formula is C13H25N3. The Morgan fingerprint density at radius 1 is 1.19 bits per heavy atom. The highest BCUT2D eigenvalue weighted by Gasteiger charge is 2.10. The van der Waals surface area contributed by atoms with E-state index in [0.29, 0.717) is 0 Å². The number of rotatable bonds is 8. The SMILES string of the molecule is CCCCC(CCCC)Cn1nncc1C. The molecule has 0 aliphatic carbocycles. The van der Waals surface area contributed by atoms with Gasteiger partial charge in [-0.05, 0) is 25.7 Å². The van der Waals surface area contributed by atoms with Crippen LogP contribution in [0.15, 0.2) is 6.20 Å². The summed E-state index contributed by atoms with van der Waals surface area (Å²) < 4.78 is 2.05. The van der Waals surface area contributed by atoms with Gasteiger partial charge in [0, 0.05) is 6.54 Å². The first-order valence-electron chi connectivity index (χ1n) is 6.63. The van der Waals surface area contributed by atoms with E-state index in [1.54, 1.807) is 0 Å². The minimum absolute atomic E-state index is 0.778. The first-order valence-corrected chi connectivity index (χ1v) is 6.63. The molecule has 0 spiro atoms. The van der Waals surface area contributed by atoms with E-state index in [2.05, 4.69) is 35.8 Å². The monoisotopic (exact) mass is 223 g/mol. The normalized spacial score (nSPS) is 11.2. The van der Waals surface area contributed by atoms with E-state index in [1.165, 1.54) is 44.2 Å². The highest BCUT2D eigenvalue weighted by atomic mass is 15.4. The van der Waals surface area contributed by atoms with Crippen LogP contribution in [0.1, 0.15) is 58.1 Å². The Morgan fingerprint density at radius 3 is 2.25 bits per heavy atom. The Kier molecular flexibility index (Phi) is 6.12. The molecule has 0 aliphatic heterocycles. The fourth-order valence-corrected chi connectivity index (χ4v) is 2.05. The van der Waals surface area contributed by atoms with Crippen molar-refractivity contribution in [3.63, 3.8) is 0 Å². The molecule has 3 nitrogen and oxygen atoms in total. The van der Waals surface area contributed by atoms with Crippen molar-refractivity contribution >= 4 is 0 Å². The molecule has 0 aliphatic rings. The van der Waals surface area contributed by atoms with Crippen molar-refractivity contribution in [2.75, 3.05) is 0 Å². The molecule has 1 rings (SSSR count). The van der Waals surface area contributed by atoms with Gasteiger partial charge in [-0.25, -0.2) is 4.68 Å². The molecular weight excluding hydrogens is 198 g/mol. The van der Waals surface area contributed by atoms with Crippen LogP contribution < -0.4 is 0 Å². The van der Waals surface area contributed by atoms with Crippen LogP contribution >= 0.6 is 0 Å². The van der Waals surface area contributed by atoms with Gasteiger partial charge in [-0.15, -0.1) is 5.10 Å². The number of hydrogen-bond acceptors (Lipinski definition) is 2. The molecule has 0 saturated carbocycles. The second-order valence-corrected chi connectivity index (χ2v) is 4.71. The van der Waals surface area contributed by atoms with E-state index in [-0.39, 0.29) is 0 Å². The smallest absolute Gasteiger partial charge is 0.0722 e. The zero-order chi connectivity index (χ0) is 11.8. The van der Waals surface area contributed by atoms with Gasteiger partial charge in [0.05, 0.1) is 11.9 Å². The van der Waals surface area contributed by atoms with E-state index in [4.69, 9.17) is 0 Å². The molecule has 1 heterocycles. The van der Waals surface area contributed by atoms with Gasteiger partial charge in [-0.2, -0.15) is 0 Å². The lowest BCUT2D eigenvalue weighted by atomic mass is 9.96. The van der Waals surface area contributed by atoms with Gasteiger partial charge >= 0.3 is 0 Å². The minimum atomic E-state index is 0.778. The van der Waals surface area contributed by atoms with E-state index in [0.717, 1.165) is 12.5 Å². The Labute approximate surface area is 99.2 Å². The van der Waals surface area contributed by atoms with E-state index >= 15 is 0 Å². The van der Waals surface area contributed by atoms with Crippen LogP contribution in [0.5, 0.6) is 0 Å². The maximum Gasteiger partial charge on any atom is 0.0722 e. The number of unbranched alkanes of at least 4 members (excludes halogenated alkanes) is 2. The maximum atomic E-state index is 4.14.